The first-order chi connectivity index (χ1) is 10.7. The van der Waals surface area contributed by atoms with Crippen LogP contribution in [0, 0.1) is 5.92 Å². The number of aromatic amines is 1. The molecule has 0 saturated carbocycles. The molecule has 4 rings (SSSR count). The summed E-state index contributed by atoms with van der Waals surface area (Å²) >= 11 is 0. The van der Waals surface area contributed by atoms with Crippen molar-refractivity contribution in [3.8, 4) is 11.6 Å². The summed E-state index contributed by atoms with van der Waals surface area (Å²) in [6.07, 6.45) is 0. The van der Waals surface area contributed by atoms with Gasteiger partial charge in [0.15, 0.2) is 11.6 Å². The fourth-order valence-electron chi connectivity index (χ4n) is 2.86. The molecule has 0 unspecified atom stereocenters. The highest BCUT2D eigenvalue weighted by Gasteiger charge is 2.16. The quantitative estimate of drug-likeness (QED) is 0.613. The molecule has 0 spiro atoms. The second-order valence-electron chi connectivity index (χ2n) is 6.03. The van der Waals surface area contributed by atoms with Gasteiger partial charge >= 0.3 is 0 Å². The van der Waals surface area contributed by atoms with Gasteiger partial charge in [0.2, 0.25) is 0 Å². The molecule has 0 bridgehead atoms. The van der Waals surface area contributed by atoms with E-state index in [0.29, 0.717) is 5.92 Å². The average molecular weight is 290 g/mol. The zero-order chi connectivity index (χ0) is 15.1. The molecule has 0 radical (unpaired) electrons. The Morgan fingerprint density at radius 3 is 2.45 bits per heavy atom. The van der Waals surface area contributed by atoms with Crippen LogP contribution in [0.1, 0.15) is 13.8 Å². The summed E-state index contributed by atoms with van der Waals surface area (Å²) in [5.74, 6) is 2.28. The zero-order valence-electron chi connectivity index (χ0n) is 12.7. The highest BCUT2D eigenvalue weighted by atomic mass is 15.1. The smallest absolute Gasteiger partial charge is 0.177 e. The van der Waals surface area contributed by atoms with Gasteiger partial charge in [-0.3, -0.25) is 0 Å². The van der Waals surface area contributed by atoms with Gasteiger partial charge in [0.05, 0.1) is 22.1 Å². The number of nitrogens with one attached hydrogen (secondary N) is 1. The lowest BCUT2D eigenvalue weighted by atomic mass is 10.2. The first-order valence-corrected chi connectivity index (χ1v) is 7.63. The Kier molecular flexibility index (Phi) is 2.96. The van der Waals surface area contributed by atoms with Gasteiger partial charge in [-0.25, -0.2) is 9.97 Å². The first-order valence-electron chi connectivity index (χ1n) is 7.63. The van der Waals surface area contributed by atoms with E-state index in [0.717, 1.165) is 40.3 Å². The van der Waals surface area contributed by atoms with Crippen LogP contribution in [-0.2, 0) is 6.54 Å². The van der Waals surface area contributed by atoms with Gasteiger partial charge in [0.25, 0.3) is 0 Å². The molecule has 2 heterocycles. The maximum absolute atomic E-state index is 4.80. The van der Waals surface area contributed by atoms with E-state index in [1.807, 2.05) is 30.3 Å². The van der Waals surface area contributed by atoms with Crippen molar-refractivity contribution in [1.82, 2.24) is 19.5 Å². The predicted octanol–water partition coefficient (Wildman–Crippen LogP) is 4.24. The Morgan fingerprint density at radius 1 is 0.955 bits per heavy atom. The van der Waals surface area contributed by atoms with Crippen LogP contribution in [0.5, 0.6) is 0 Å². The van der Waals surface area contributed by atoms with Crippen molar-refractivity contribution in [2.75, 3.05) is 0 Å². The van der Waals surface area contributed by atoms with Crippen LogP contribution in [0.2, 0.25) is 0 Å². The largest absolute Gasteiger partial charge is 0.335 e. The molecular weight excluding hydrogens is 272 g/mol. The number of benzene rings is 2. The molecule has 4 nitrogen and oxygen atoms in total. The number of imidazole rings is 2. The summed E-state index contributed by atoms with van der Waals surface area (Å²) in [4.78, 5) is 12.9. The maximum Gasteiger partial charge on any atom is 0.177 e. The summed E-state index contributed by atoms with van der Waals surface area (Å²) in [6, 6.07) is 16.3. The summed E-state index contributed by atoms with van der Waals surface area (Å²) in [5.41, 5.74) is 4.19. The Bertz CT molecular complexity index is 913. The number of para-hydroxylation sites is 4. The molecule has 2 aromatic heterocycles. The van der Waals surface area contributed by atoms with Crippen LogP contribution in [-0.4, -0.2) is 19.5 Å². The van der Waals surface area contributed by atoms with Gasteiger partial charge in [-0.15, -0.1) is 0 Å². The first kappa shape index (κ1) is 13.1. The zero-order valence-corrected chi connectivity index (χ0v) is 12.7. The molecule has 22 heavy (non-hydrogen) atoms. The Hall–Kier alpha value is -2.62. The molecule has 110 valence electrons. The van der Waals surface area contributed by atoms with E-state index < -0.39 is 0 Å². The third kappa shape index (κ3) is 2.08. The summed E-state index contributed by atoms with van der Waals surface area (Å²) < 4.78 is 2.26. The monoisotopic (exact) mass is 290 g/mol. The van der Waals surface area contributed by atoms with Crippen LogP contribution in [0.25, 0.3) is 33.7 Å². The van der Waals surface area contributed by atoms with Crippen LogP contribution in [0.3, 0.4) is 0 Å². The molecule has 0 amide bonds. The fraction of sp³-hybridized carbons (Fsp3) is 0.222. The number of H-pyrrole nitrogens is 1. The van der Waals surface area contributed by atoms with E-state index in [1.54, 1.807) is 0 Å². The maximum atomic E-state index is 4.80. The third-order valence-electron chi connectivity index (χ3n) is 3.80. The normalized spacial score (nSPS) is 11.8. The van der Waals surface area contributed by atoms with Crippen molar-refractivity contribution < 1.29 is 0 Å². The minimum atomic E-state index is 0.542. The molecule has 4 heteroatoms. The number of hydrogen-bond acceptors (Lipinski definition) is 2. The molecule has 2 aromatic carbocycles. The molecule has 0 saturated heterocycles. The number of aromatic nitrogens is 4. The lowest BCUT2D eigenvalue weighted by molar-refractivity contribution is 0.535. The average Bonchev–Trinajstić information content (AvgIpc) is 3.08. The van der Waals surface area contributed by atoms with Crippen LogP contribution >= 0.6 is 0 Å². The van der Waals surface area contributed by atoms with E-state index in [9.17, 15) is 0 Å². The Balaban J connectivity index is 1.96. The van der Waals surface area contributed by atoms with E-state index in [2.05, 4.69) is 41.6 Å². The minimum absolute atomic E-state index is 0.542. The van der Waals surface area contributed by atoms with E-state index in [-0.39, 0.29) is 0 Å². The second-order valence-corrected chi connectivity index (χ2v) is 6.03. The Labute approximate surface area is 128 Å². The predicted molar refractivity (Wildman–Crippen MR) is 89.7 cm³/mol. The number of fused-ring (bicyclic) bond motifs is 2. The van der Waals surface area contributed by atoms with Gasteiger partial charge in [-0.2, -0.15) is 0 Å². The van der Waals surface area contributed by atoms with Crippen LogP contribution < -0.4 is 0 Å². The van der Waals surface area contributed by atoms with E-state index in [4.69, 9.17) is 9.97 Å². The molecule has 0 aliphatic heterocycles. The van der Waals surface area contributed by atoms with Gasteiger partial charge < -0.3 is 9.55 Å². The van der Waals surface area contributed by atoms with Gasteiger partial charge in [-0.05, 0) is 30.2 Å². The van der Waals surface area contributed by atoms with E-state index in [1.165, 1.54) is 0 Å². The summed E-state index contributed by atoms with van der Waals surface area (Å²) in [6.45, 7) is 5.36. The van der Waals surface area contributed by atoms with Gasteiger partial charge in [0, 0.05) is 6.54 Å². The highest BCUT2D eigenvalue weighted by Crippen LogP contribution is 2.25. The SMILES string of the molecule is CC(C)Cn1c(-c2nc3ccccc3[nH]2)nc2ccccc21. The number of hydrogen-bond donors (Lipinski definition) is 1. The van der Waals surface area contributed by atoms with Crippen molar-refractivity contribution in [2.24, 2.45) is 5.92 Å². The van der Waals surface area contributed by atoms with Crippen molar-refractivity contribution in [3.05, 3.63) is 48.5 Å². The molecular formula is C18H18N4. The lowest BCUT2D eigenvalue weighted by Gasteiger charge is -2.10. The van der Waals surface area contributed by atoms with Crippen molar-refractivity contribution in [3.63, 3.8) is 0 Å². The third-order valence-corrected chi connectivity index (χ3v) is 3.80. The topological polar surface area (TPSA) is 46.5 Å². The van der Waals surface area contributed by atoms with E-state index >= 15 is 0 Å². The van der Waals surface area contributed by atoms with Gasteiger partial charge in [0.1, 0.15) is 0 Å². The fourth-order valence-corrected chi connectivity index (χ4v) is 2.86. The number of rotatable bonds is 3. The number of nitrogens with zero attached hydrogens (tertiary/aromatic N) is 3. The van der Waals surface area contributed by atoms with Crippen LogP contribution in [0.15, 0.2) is 48.5 Å². The lowest BCUT2D eigenvalue weighted by Crippen LogP contribution is -2.06. The Morgan fingerprint density at radius 2 is 1.68 bits per heavy atom. The standard InChI is InChI=1S/C18H18N4/c1-12(2)11-22-16-10-6-5-9-15(16)21-18(22)17-19-13-7-3-4-8-14(13)20-17/h3-10,12H,11H2,1-2H3,(H,19,20). The summed E-state index contributed by atoms with van der Waals surface area (Å²) in [5, 5.41) is 0. The molecule has 4 aromatic rings. The van der Waals surface area contributed by atoms with Crippen LogP contribution in [0.4, 0.5) is 0 Å². The molecule has 1 N–H and O–H groups in total. The molecule has 0 fully saturated rings. The highest BCUT2D eigenvalue weighted by molar-refractivity contribution is 5.82. The minimum Gasteiger partial charge on any atom is -0.335 e. The van der Waals surface area contributed by atoms with Crippen molar-refractivity contribution in [2.45, 2.75) is 20.4 Å². The molecule has 0 aliphatic carbocycles. The second kappa shape index (κ2) is 4.98. The van der Waals surface area contributed by atoms with Crippen molar-refractivity contribution >= 4 is 22.1 Å². The summed E-state index contributed by atoms with van der Waals surface area (Å²) in [7, 11) is 0. The molecule has 0 atom stereocenters. The molecule has 0 aliphatic rings. The van der Waals surface area contributed by atoms with Gasteiger partial charge in [-0.1, -0.05) is 38.1 Å². The van der Waals surface area contributed by atoms with Crippen molar-refractivity contribution in [1.29, 1.82) is 0 Å².